The topological polar surface area (TPSA) is 89.3 Å². The molecular weight excluding hydrogens is 565 g/mol. The minimum atomic E-state index is -0.432. The molecule has 1 atom stereocenters. The molecule has 1 N–H and O–H groups in total. The zero-order chi connectivity index (χ0) is 29.8. The Morgan fingerprint density at radius 3 is 2.53 bits per heavy atom. The number of pyridine rings is 1. The number of amides is 2. The lowest BCUT2D eigenvalue weighted by molar-refractivity contribution is -0.123. The van der Waals surface area contributed by atoms with Gasteiger partial charge in [-0.15, -0.1) is 11.8 Å². The average molecular weight is 594 g/mol. The minimum Gasteiger partial charge on any atom is -0.497 e. The van der Waals surface area contributed by atoms with E-state index in [4.69, 9.17) is 9.84 Å². The molecule has 8 nitrogen and oxygen atoms in total. The van der Waals surface area contributed by atoms with Gasteiger partial charge < -0.3 is 10.1 Å². The molecule has 0 spiro atoms. The number of rotatable bonds is 8. The molecule has 6 rings (SSSR count). The molecule has 0 saturated heterocycles. The van der Waals surface area contributed by atoms with E-state index < -0.39 is 5.25 Å². The number of methoxy groups -OCH3 is 1. The van der Waals surface area contributed by atoms with Crippen molar-refractivity contribution in [2.45, 2.75) is 11.8 Å². The first kappa shape index (κ1) is 28.2. The van der Waals surface area contributed by atoms with E-state index in [-0.39, 0.29) is 36.5 Å². The minimum absolute atomic E-state index is 0.0836. The first-order valence-corrected chi connectivity index (χ1v) is 14.7. The van der Waals surface area contributed by atoms with E-state index in [1.54, 1.807) is 30.1 Å². The lowest BCUT2D eigenvalue weighted by Crippen LogP contribution is -2.42. The quantitative estimate of drug-likeness (QED) is 0.253. The lowest BCUT2D eigenvalue weighted by Gasteiger charge is -2.23. The summed E-state index contributed by atoms with van der Waals surface area (Å²) in [4.78, 5) is 32.9. The Balaban J connectivity index is 1.52. The molecule has 0 bridgehead atoms. The Kier molecular flexibility index (Phi) is 8.19. The van der Waals surface area contributed by atoms with Crippen LogP contribution >= 0.6 is 11.8 Å². The highest BCUT2D eigenvalue weighted by atomic mass is 32.2. The largest absolute Gasteiger partial charge is 0.497 e. The second-order valence-electron chi connectivity index (χ2n) is 9.89. The molecule has 1 aliphatic heterocycles. The van der Waals surface area contributed by atoms with Crippen molar-refractivity contribution in [3.8, 4) is 22.7 Å². The molecule has 2 amide bonds. The van der Waals surface area contributed by atoms with Gasteiger partial charge in [0, 0.05) is 17.3 Å². The second kappa shape index (κ2) is 12.5. The number of hydrogen-bond donors (Lipinski definition) is 1. The van der Waals surface area contributed by atoms with Crippen LogP contribution in [0.5, 0.6) is 5.75 Å². The summed E-state index contributed by atoms with van der Waals surface area (Å²) in [6.07, 6.45) is 1.66. The summed E-state index contributed by atoms with van der Waals surface area (Å²) >= 11 is 1.39. The summed E-state index contributed by atoms with van der Waals surface area (Å²) in [5.41, 5.74) is 4.28. The van der Waals surface area contributed by atoms with Crippen molar-refractivity contribution in [1.82, 2.24) is 20.1 Å². The summed E-state index contributed by atoms with van der Waals surface area (Å²) in [6, 6.07) is 28.8. The van der Waals surface area contributed by atoms with Crippen LogP contribution in [0.1, 0.15) is 22.1 Å². The van der Waals surface area contributed by atoms with Gasteiger partial charge in [-0.2, -0.15) is 5.10 Å². The number of nitrogens with one attached hydrogen (secondary N) is 1. The molecule has 0 saturated carbocycles. The van der Waals surface area contributed by atoms with E-state index in [1.807, 2.05) is 72.8 Å². The fourth-order valence-electron chi connectivity index (χ4n) is 5.06. The number of carbonyl (C=O) groups is 2. The van der Waals surface area contributed by atoms with Crippen LogP contribution in [-0.2, 0) is 16.1 Å². The van der Waals surface area contributed by atoms with Crippen LogP contribution in [0.25, 0.3) is 16.9 Å². The fraction of sp³-hybridized carbons (Fsp3) is 0.152. The number of halogens is 1. The van der Waals surface area contributed by atoms with E-state index in [9.17, 15) is 14.0 Å². The predicted octanol–water partition coefficient (Wildman–Crippen LogP) is 5.57. The van der Waals surface area contributed by atoms with Gasteiger partial charge in [-0.3, -0.25) is 19.5 Å². The van der Waals surface area contributed by atoms with Crippen molar-refractivity contribution < 1.29 is 18.7 Å². The zero-order valence-corrected chi connectivity index (χ0v) is 24.1. The Morgan fingerprint density at radius 2 is 1.81 bits per heavy atom. The van der Waals surface area contributed by atoms with Crippen LogP contribution in [-0.4, -0.2) is 46.0 Å². The molecule has 43 heavy (non-hydrogen) atoms. The molecule has 5 aromatic rings. The Morgan fingerprint density at radius 1 is 1.02 bits per heavy atom. The highest BCUT2D eigenvalue weighted by molar-refractivity contribution is 8.00. The molecule has 3 heterocycles. The van der Waals surface area contributed by atoms with Crippen molar-refractivity contribution in [3.63, 3.8) is 0 Å². The van der Waals surface area contributed by atoms with Gasteiger partial charge in [0.25, 0.3) is 0 Å². The van der Waals surface area contributed by atoms with E-state index in [2.05, 4.69) is 10.3 Å². The number of benzene rings is 3. The van der Waals surface area contributed by atoms with Gasteiger partial charge in [0.2, 0.25) is 11.8 Å². The van der Waals surface area contributed by atoms with Crippen LogP contribution in [0.3, 0.4) is 0 Å². The maximum absolute atomic E-state index is 14.5. The maximum atomic E-state index is 14.5. The van der Waals surface area contributed by atoms with Gasteiger partial charge in [-0.05, 0) is 54.1 Å². The van der Waals surface area contributed by atoms with Gasteiger partial charge in [0.05, 0.1) is 41.7 Å². The molecule has 1 unspecified atom stereocenters. The summed E-state index contributed by atoms with van der Waals surface area (Å²) in [5.74, 6) is 0.238. The Labute approximate surface area is 252 Å². The summed E-state index contributed by atoms with van der Waals surface area (Å²) in [7, 11) is 1.59. The Bertz CT molecular complexity index is 1750. The summed E-state index contributed by atoms with van der Waals surface area (Å²) in [5, 5.41) is 7.50. The van der Waals surface area contributed by atoms with Crippen molar-refractivity contribution >= 4 is 29.4 Å². The van der Waals surface area contributed by atoms with Crippen LogP contribution in [0.4, 0.5) is 10.2 Å². The summed E-state index contributed by atoms with van der Waals surface area (Å²) < 4.78 is 21.6. The number of thioether (sulfide) groups is 1. The van der Waals surface area contributed by atoms with Gasteiger partial charge in [0.1, 0.15) is 23.9 Å². The van der Waals surface area contributed by atoms with Crippen molar-refractivity contribution in [3.05, 3.63) is 126 Å². The number of aromatic nitrogens is 3. The fourth-order valence-corrected chi connectivity index (χ4v) is 6.24. The molecule has 10 heteroatoms. The monoisotopic (exact) mass is 593 g/mol. The number of nitrogens with zero attached hydrogens (tertiary/aromatic N) is 4. The molecular formula is C33H28FN5O3S. The van der Waals surface area contributed by atoms with Crippen LogP contribution in [0.15, 0.2) is 103 Å². The number of anilines is 1. The molecule has 216 valence electrons. The Hall–Kier alpha value is -4.96. The average Bonchev–Trinajstić information content (AvgIpc) is 3.37. The summed E-state index contributed by atoms with van der Waals surface area (Å²) in [6.45, 7) is -0.00654. The molecule has 1 aliphatic rings. The SMILES string of the molecule is COc1ccc(-n2nc(-c3ccccc3)c3c2N(CC(=O)NCc2ccccn2)C(=O)CSC3c2cccc(F)c2)cc1. The number of fused-ring (bicyclic) bond motifs is 1. The third kappa shape index (κ3) is 6.00. The molecule has 3 aromatic carbocycles. The smallest absolute Gasteiger partial charge is 0.240 e. The van der Waals surface area contributed by atoms with Gasteiger partial charge >= 0.3 is 0 Å². The molecule has 0 radical (unpaired) electrons. The maximum Gasteiger partial charge on any atom is 0.240 e. The zero-order valence-electron chi connectivity index (χ0n) is 23.3. The van der Waals surface area contributed by atoms with E-state index in [1.165, 1.54) is 28.8 Å². The number of carbonyl (C=O) groups excluding carboxylic acids is 2. The highest BCUT2D eigenvalue weighted by Crippen LogP contribution is 2.48. The number of ether oxygens (including phenoxy) is 1. The third-order valence-electron chi connectivity index (χ3n) is 7.10. The first-order valence-electron chi connectivity index (χ1n) is 13.7. The van der Waals surface area contributed by atoms with Crippen molar-refractivity contribution in [2.75, 3.05) is 24.3 Å². The molecule has 0 aliphatic carbocycles. The van der Waals surface area contributed by atoms with E-state index in [0.717, 1.165) is 11.1 Å². The standard InChI is InChI=1S/C33H28FN5O3S/c1-42-27-15-13-26(14-16-27)39-33-30(31(37-39)22-8-3-2-4-9-22)32(23-10-7-11-24(34)18-23)43-21-29(41)38(33)20-28(40)36-19-25-12-5-6-17-35-25/h2-18,32H,19-21H2,1H3,(H,36,40). The van der Waals surface area contributed by atoms with E-state index in [0.29, 0.717) is 34.2 Å². The molecule has 0 fully saturated rings. The van der Waals surface area contributed by atoms with E-state index >= 15 is 0 Å². The van der Waals surface area contributed by atoms with Crippen molar-refractivity contribution in [2.24, 2.45) is 0 Å². The van der Waals surface area contributed by atoms with Gasteiger partial charge in [0.15, 0.2) is 0 Å². The third-order valence-corrected chi connectivity index (χ3v) is 8.35. The first-order chi connectivity index (χ1) is 21.0. The van der Waals surface area contributed by atoms with Crippen LogP contribution in [0.2, 0.25) is 0 Å². The second-order valence-corrected chi connectivity index (χ2v) is 11.0. The lowest BCUT2D eigenvalue weighted by atomic mass is 9.99. The van der Waals surface area contributed by atoms with Crippen LogP contribution < -0.4 is 15.0 Å². The van der Waals surface area contributed by atoms with Gasteiger partial charge in [-0.25, -0.2) is 9.07 Å². The molecule has 2 aromatic heterocycles. The van der Waals surface area contributed by atoms with Gasteiger partial charge in [-0.1, -0.05) is 48.5 Å². The normalized spacial score (nSPS) is 14.6. The predicted molar refractivity (Wildman–Crippen MR) is 165 cm³/mol. The van der Waals surface area contributed by atoms with Crippen LogP contribution in [0, 0.1) is 5.82 Å². The number of hydrogen-bond acceptors (Lipinski definition) is 6. The highest BCUT2D eigenvalue weighted by Gasteiger charge is 2.37. The van der Waals surface area contributed by atoms with Crippen molar-refractivity contribution in [1.29, 1.82) is 0 Å².